The van der Waals surface area contributed by atoms with Gasteiger partial charge in [-0.25, -0.2) is 0 Å². The molecule has 3 heteroatoms. The van der Waals surface area contributed by atoms with Gasteiger partial charge < -0.3 is 10.3 Å². The van der Waals surface area contributed by atoms with Crippen LogP contribution in [0.25, 0.3) is 0 Å². The molecule has 0 aliphatic carbocycles. The number of rotatable bonds is 5. The molecule has 1 amide bonds. The number of H-pyrrole nitrogens is 1. The molecule has 1 rings (SSSR count). The quantitative estimate of drug-likeness (QED) is 0.767. The summed E-state index contributed by atoms with van der Waals surface area (Å²) in [7, 11) is 0. The first-order valence-corrected chi connectivity index (χ1v) is 5.55. The summed E-state index contributed by atoms with van der Waals surface area (Å²) in [6, 6.07) is 2.08. The van der Waals surface area contributed by atoms with E-state index in [2.05, 4.69) is 23.3 Å². The minimum absolute atomic E-state index is 0.148. The van der Waals surface area contributed by atoms with Crippen LogP contribution in [0.15, 0.2) is 6.07 Å². The molecule has 0 aliphatic rings. The van der Waals surface area contributed by atoms with Gasteiger partial charge in [-0.3, -0.25) is 4.79 Å². The topological polar surface area (TPSA) is 44.9 Å². The molecule has 3 nitrogen and oxygen atoms in total. The Morgan fingerprint density at radius 1 is 1.47 bits per heavy atom. The van der Waals surface area contributed by atoms with Crippen LogP contribution in [0.4, 0.5) is 0 Å². The maximum absolute atomic E-state index is 11.4. The van der Waals surface area contributed by atoms with Crippen molar-refractivity contribution in [1.82, 2.24) is 10.3 Å². The van der Waals surface area contributed by atoms with Crippen molar-refractivity contribution in [3.05, 3.63) is 23.0 Å². The van der Waals surface area contributed by atoms with E-state index >= 15 is 0 Å². The van der Waals surface area contributed by atoms with Gasteiger partial charge in [0.15, 0.2) is 0 Å². The van der Waals surface area contributed by atoms with Gasteiger partial charge in [0, 0.05) is 24.4 Å². The third-order valence-corrected chi connectivity index (χ3v) is 2.49. The molecule has 1 aromatic heterocycles. The highest BCUT2D eigenvalue weighted by Gasteiger charge is 2.04. The van der Waals surface area contributed by atoms with E-state index in [-0.39, 0.29) is 5.91 Å². The molecule has 1 aromatic rings. The van der Waals surface area contributed by atoms with Crippen molar-refractivity contribution in [2.75, 3.05) is 0 Å². The number of carbonyl (C=O) groups excluding carboxylic acids is 1. The average Bonchev–Trinajstić information content (AvgIpc) is 2.51. The standard InChI is InChI=1S/C12H20N2O/c1-4-5-6-12(15)13-8-11-7-9(2)14-10(11)3/h7,14H,4-6,8H2,1-3H3,(H,13,15). The normalized spacial score (nSPS) is 10.3. The zero-order chi connectivity index (χ0) is 11.3. The second kappa shape index (κ2) is 5.59. The molecule has 84 valence electrons. The summed E-state index contributed by atoms with van der Waals surface area (Å²) < 4.78 is 0. The van der Waals surface area contributed by atoms with Crippen molar-refractivity contribution < 1.29 is 4.79 Å². The summed E-state index contributed by atoms with van der Waals surface area (Å²) in [5, 5.41) is 2.93. The Bertz CT molecular complexity index is 328. The molecule has 0 fully saturated rings. The lowest BCUT2D eigenvalue weighted by Gasteiger charge is -2.03. The Balaban J connectivity index is 2.36. The predicted octanol–water partition coefficient (Wildman–Crippen LogP) is 2.44. The molecule has 0 saturated carbocycles. The van der Waals surface area contributed by atoms with Crippen molar-refractivity contribution in [3.63, 3.8) is 0 Å². The zero-order valence-electron chi connectivity index (χ0n) is 9.81. The highest BCUT2D eigenvalue weighted by atomic mass is 16.1. The zero-order valence-corrected chi connectivity index (χ0v) is 9.81. The molecule has 0 aromatic carbocycles. The number of aromatic amines is 1. The monoisotopic (exact) mass is 208 g/mol. The highest BCUT2D eigenvalue weighted by Crippen LogP contribution is 2.08. The first-order valence-electron chi connectivity index (χ1n) is 5.55. The smallest absolute Gasteiger partial charge is 0.220 e. The van der Waals surface area contributed by atoms with E-state index in [1.165, 1.54) is 5.56 Å². The first-order chi connectivity index (χ1) is 7.13. The van der Waals surface area contributed by atoms with E-state index in [1.54, 1.807) is 0 Å². The van der Waals surface area contributed by atoms with Gasteiger partial charge >= 0.3 is 0 Å². The van der Waals surface area contributed by atoms with E-state index in [0.717, 1.165) is 24.2 Å². The summed E-state index contributed by atoms with van der Waals surface area (Å²) in [6.07, 6.45) is 2.67. The Morgan fingerprint density at radius 3 is 2.73 bits per heavy atom. The summed E-state index contributed by atoms with van der Waals surface area (Å²) in [5.41, 5.74) is 3.46. The van der Waals surface area contributed by atoms with Crippen LogP contribution in [0.3, 0.4) is 0 Å². The molecular formula is C12H20N2O. The maximum Gasteiger partial charge on any atom is 0.220 e. The molecule has 0 spiro atoms. The molecule has 0 radical (unpaired) electrons. The van der Waals surface area contributed by atoms with Gasteiger partial charge in [-0.1, -0.05) is 13.3 Å². The third kappa shape index (κ3) is 3.78. The summed E-state index contributed by atoms with van der Waals surface area (Å²) in [5.74, 6) is 0.148. The predicted molar refractivity (Wildman–Crippen MR) is 61.6 cm³/mol. The largest absolute Gasteiger partial charge is 0.362 e. The third-order valence-electron chi connectivity index (χ3n) is 2.49. The molecule has 15 heavy (non-hydrogen) atoms. The van der Waals surface area contributed by atoms with Crippen LogP contribution in [0.1, 0.15) is 43.1 Å². The van der Waals surface area contributed by atoms with Gasteiger partial charge in [-0.2, -0.15) is 0 Å². The molecule has 2 N–H and O–H groups in total. The molecular weight excluding hydrogens is 188 g/mol. The van der Waals surface area contributed by atoms with Crippen LogP contribution in [0.5, 0.6) is 0 Å². The van der Waals surface area contributed by atoms with Gasteiger partial charge in [0.1, 0.15) is 0 Å². The summed E-state index contributed by atoms with van der Waals surface area (Å²) in [4.78, 5) is 14.6. The number of aromatic nitrogens is 1. The first kappa shape index (κ1) is 11.8. The van der Waals surface area contributed by atoms with Crippen LogP contribution < -0.4 is 5.32 Å². The molecule has 0 unspecified atom stereocenters. The van der Waals surface area contributed by atoms with Crippen LogP contribution >= 0.6 is 0 Å². The minimum atomic E-state index is 0.148. The lowest BCUT2D eigenvalue weighted by Crippen LogP contribution is -2.22. The van der Waals surface area contributed by atoms with Gasteiger partial charge in [0.2, 0.25) is 5.91 Å². The summed E-state index contributed by atoms with van der Waals surface area (Å²) >= 11 is 0. The van der Waals surface area contributed by atoms with Crippen LogP contribution in [0, 0.1) is 13.8 Å². The Kier molecular flexibility index (Phi) is 4.40. The number of nitrogens with one attached hydrogen (secondary N) is 2. The number of hydrogen-bond acceptors (Lipinski definition) is 1. The van der Waals surface area contributed by atoms with Gasteiger partial charge in [-0.15, -0.1) is 0 Å². The molecule has 1 heterocycles. The number of carbonyl (C=O) groups is 1. The van der Waals surface area contributed by atoms with E-state index < -0.39 is 0 Å². The summed E-state index contributed by atoms with van der Waals surface area (Å²) in [6.45, 7) is 6.78. The Hall–Kier alpha value is -1.25. The van der Waals surface area contributed by atoms with Crippen LogP contribution in [0.2, 0.25) is 0 Å². The molecule has 0 atom stereocenters. The second-order valence-electron chi connectivity index (χ2n) is 3.98. The fourth-order valence-corrected chi connectivity index (χ4v) is 1.58. The van der Waals surface area contributed by atoms with Crippen molar-refractivity contribution >= 4 is 5.91 Å². The number of aryl methyl sites for hydroxylation is 2. The second-order valence-corrected chi connectivity index (χ2v) is 3.98. The van der Waals surface area contributed by atoms with Crippen LogP contribution in [-0.2, 0) is 11.3 Å². The minimum Gasteiger partial charge on any atom is -0.362 e. The fourth-order valence-electron chi connectivity index (χ4n) is 1.58. The van der Waals surface area contributed by atoms with Crippen LogP contribution in [-0.4, -0.2) is 10.9 Å². The Labute approximate surface area is 91.3 Å². The van der Waals surface area contributed by atoms with E-state index in [9.17, 15) is 4.79 Å². The molecule has 0 aliphatic heterocycles. The fraction of sp³-hybridized carbons (Fsp3) is 0.583. The molecule has 0 bridgehead atoms. The highest BCUT2D eigenvalue weighted by molar-refractivity contribution is 5.75. The van der Waals surface area contributed by atoms with E-state index in [4.69, 9.17) is 0 Å². The molecule has 0 saturated heterocycles. The van der Waals surface area contributed by atoms with Crippen molar-refractivity contribution in [2.24, 2.45) is 0 Å². The number of amides is 1. The van der Waals surface area contributed by atoms with Gasteiger partial charge in [0.25, 0.3) is 0 Å². The average molecular weight is 208 g/mol. The van der Waals surface area contributed by atoms with E-state index in [0.29, 0.717) is 13.0 Å². The Morgan fingerprint density at radius 2 is 2.20 bits per heavy atom. The van der Waals surface area contributed by atoms with Crippen molar-refractivity contribution in [1.29, 1.82) is 0 Å². The van der Waals surface area contributed by atoms with Crippen molar-refractivity contribution in [3.8, 4) is 0 Å². The number of unbranched alkanes of at least 4 members (excludes halogenated alkanes) is 1. The van der Waals surface area contributed by atoms with E-state index in [1.807, 2.05) is 13.8 Å². The van der Waals surface area contributed by atoms with Gasteiger partial charge in [0.05, 0.1) is 0 Å². The van der Waals surface area contributed by atoms with Gasteiger partial charge in [-0.05, 0) is 31.9 Å². The lowest BCUT2D eigenvalue weighted by molar-refractivity contribution is -0.121. The maximum atomic E-state index is 11.4. The van der Waals surface area contributed by atoms with Crippen molar-refractivity contribution in [2.45, 2.75) is 46.6 Å². The number of hydrogen-bond donors (Lipinski definition) is 2. The SMILES string of the molecule is CCCCC(=O)NCc1cc(C)[nH]c1C. The lowest BCUT2D eigenvalue weighted by atomic mass is 10.2.